The maximum absolute atomic E-state index is 11.1. The van der Waals surface area contributed by atoms with E-state index in [1.54, 1.807) is 29.3 Å². The average molecular weight is 317 g/mol. The molecule has 0 spiro atoms. The van der Waals surface area contributed by atoms with E-state index < -0.39 is 0 Å². The van der Waals surface area contributed by atoms with Gasteiger partial charge in [0.05, 0.1) is 17.5 Å². The molecule has 0 aliphatic carbocycles. The molecule has 0 radical (unpaired) electrons. The van der Waals surface area contributed by atoms with Crippen molar-refractivity contribution in [1.29, 1.82) is 0 Å². The van der Waals surface area contributed by atoms with E-state index in [1.165, 1.54) is 0 Å². The first-order valence-corrected chi connectivity index (χ1v) is 6.42. The lowest BCUT2D eigenvalue weighted by Crippen LogP contribution is -1.95. The number of hydrogen-bond acceptors (Lipinski definition) is 3. The molecule has 0 fully saturated rings. The molecule has 3 aromatic rings. The van der Waals surface area contributed by atoms with E-state index in [-0.39, 0.29) is 0 Å². The fraction of sp³-hybridized carbons (Fsp3) is 0. The van der Waals surface area contributed by atoms with E-state index in [2.05, 4.69) is 21.0 Å². The van der Waals surface area contributed by atoms with Crippen LogP contribution in [0.2, 0.25) is 0 Å². The van der Waals surface area contributed by atoms with Crippen LogP contribution in [0.3, 0.4) is 0 Å². The first-order valence-electron chi connectivity index (χ1n) is 5.62. The topological polar surface area (TPSA) is 48.0 Å². The maximum Gasteiger partial charge on any atom is 0.171 e. The second-order valence-corrected chi connectivity index (χ2v) is 4.86. The van der Waals surface area contributed by atoms with Gasteiger partial charge in [0.25, 0.3) is 0 Å². The Morgan fingerprint density at radius 2 is 2.00 bits per heavy atom. The Balaban J connectivity index is 2.09. The number of aromatic nitrogens is 2. The summed E-state index contributed by atoms with van der Waals surface area (Å²) < 4.78 is 7.96. The molecule has 0 aliphatic rings. The van der Waals surface area contributed by atoms with E-state index >= 15 is 0 Å². The van der Waals surface area contributed by atoms with Crippen LogP contribution in [0, 0.1) is 0 Å². The Kier molecular flexibility index (Phi) is 3.05. The SMILES string of the molecule is O=Cc1nn(-c2ccc(Br)cc2)cc1-c1ccco1. The highest BCUT2D eigenvalue weighted by Crippen LogP contribution is 2.24. The highest BCUT2D eigenvalue weighted by atomic mass is 79.9. The number of carbonyl (C=O) groups is 1. The number of furan rings is 1. The zero-order chi connectivity index (χ0) is 13.2. The van der Waals surface area contributed by atoms with Crippen LogP contribution >= 0.6 is 15.9 Å². The molecule has 0 bridgehead atoms. The number of nitrogens with zero attached hydrogens (tertiary/aromatic N) is 2. The van der Waals surface area contributed by atoms with Gasteiger partial charge < -0.3 is 4.42 Å². The maximum atomic E-state index is 11.1. The second kappa shape index (κ2) is 4.85. The van der Waals surface area contributed by atoms with Crippen LogP contribution in [0.25, 0.3) is 17.0 Å². The van der Waals surface area contributed by atoms with Gasteiger partial charge in [0.15, 0.2) is 6.29 Å². The third-order valence-corrected chi connectivity index (χ3v) is 3.26. The zero-order valence-electron chi connectivity index (χ0n) is 9.79. The van der Waals surface area contributed by atoms with Crippen molar-refractivity contribution in [3.05, 3.63) is 59.0 Å². The van der Waals surface area contributed by atoms with E-state index in [0.29, 0.717) is 17.0 Å². The van der Waals surface area contributed by atoms with Gasteiger partial charge in [-0.2, -0.15) is 5.10 Å². The molecule has 94 valence electrons. The highest BCUT2D eigenvalue weighted by molar-refractivity contribution is 9.10. The third kappa shape index (κ3) is 2.24. The molecule has 3 rings (SSSR count). The summed E-state index contributed by atoms with van der Waals surface area (Å²) in [7, 11) is 0. The summed E-state index contributed by atoms with van der Waals surface area (Å²) in [4.78, 5) is 11.1. The molecular formula is C14H9BrN2O2. The van der Waals surface area contributed by atoms with Gasteiger partial charge in [-0.1, -0.05) is 15.9 Å². The first-order chi connectivity index (χ1) is 9.28. The zero-order valence-corrected chi connectivity index (χ0v) is 11.4. The van der Waals surface area contributed by atoms with Crippen molar-refractivity contribution < 1.29 is 9.21 Å². The minimum absolute atomic E-state index is 0.359. The van der Waals surface area contributed by atoms with E-state index in [4.69, 9.17) is 4.42 Å². The van der Waals surface area contributed by atoms with Gasteiger partial charge in [0, 0.05) is 10.7 Å². The van der Waals surface area contributed by atoms with Gasteiger partial charge in [-0.3, -0.25) is 4.79 Å². The molecule has 4 nitrogen and oxygen atoms in total. The van der Waals surface area contributed by atoms with Crippen LogP contribution < -0.4 is 0 Å². The predicted molar refractivity (Wildman–Crippen MR) is 74.4 cm³/mol. The first kappa shape index (κ1) is 11.9. The summed E-state index contributed by atoms with van der Waals surface area (Å²) in [6, 6.07) is 11.3. The van der Waals surface area contributed by atoms with Crippen molar-refractivity contribution in [1.82, 2.24) is 9.78 Å². The summed E-state index contributed by atoms with van der Waals surface area (Å²) in [6.45, 7) is 0. The van der Waals surface area contributed by atoms with Gasteiger partial charge >= 0.3 is 0 Å². The van der Waals surface area contributed by atoms with Crippen LogP contribution in [0.15, 0.2) is 57.7 Å². The van der Waals surface area contributed by atoms with Crippen molar-refractivity contribution in [3.8, 4) is 17.0 Å². The number of aldehydes is 1. The van der Waals surface area contributed by atoms with Gasteiger partial charge in [0.2, 0.25) is 0 Å². The molecule has 1 aromatic carbocycles. The number of hydrogen-bond donors (Lipinski definition) is 0. The minimum atomic E-state index is 0.359. The molecular weight excluding hydrogens is 308 g/mol. The molecule has 0 saturated carbocycles. The number of carbonyl (C=O) groups excluding carboxylic acids is 1. The van der Waals surface area contributed by atoms with E-state index in [1.807, 2.05) is 24.3 Å². The molecule has 19 heavy (non-hydrogen) atoms. The Morgan fingerprint density at radius 1 is 1.21 bits per heavy atom. The van der Waals surface area contributed by atoms with Crippen molar-refractivity contribution in [2.24, 2.45) is 0 Å². The van der Waals surface area contributed by atoms with Gasteiger partial charge in [-0.15, -0.1) is 0 Å². The monoisotopic (exact) mass is 316 g/mol. The van der Waals surface area contributed by atoms with Crippen molar-refractivity contribution in [2.45, 2.75) is 0 Å². The molecule has 0 atom stereocenters. The van der Waals surface area contributed by atoms with Crippen LogP contribution in [-0.4, -0.2) is 16.1 Å². The lowest BCUT2D eigenvalue weighted by atomic mass is 10.2. The summed E-state index contributed by atoms with van der Waals surface area (Å²) in [5, 5.41) is 4.26. The van der Waals surface area contributed by atoms with Crippen LogP contribution in [0.4, 0.5) is 0 Å². The molecule has 0 saturated heterocycles. The molecule has 0 amide bonds. The normalized spacial score (nSPS) is 10.6. The molecule has 5 heteroatoms. The summed E-state index contributed by atoms with van der Waals surface area (Å²) in [6.07, 6.45) is 4.08. The Morgan fingerprint density at radius 3 is 2.63 bits per heavy atom. The summed E-state index contributed by atoms with van der Waals surface area (Å²) in [5.74, 6) is 0.630. The molecule has 0 aliphatic heterocycles. The van der Waals surface area contributed by atoms with Gasteiger partial charge in [-0.05, 0) is 36.4 Å². The largest absolute Gasteiger partial charge is 0.464 e. The summed E-state index contributed by atoms with van der Waals surface area (Å²) >= 11 is 3.38. The highest BCUT2D eigenvalue weighted by Gasteiger charge is 2.13. The van der Waals surface area contributed by atoms with Gasteiger partial charge in [0.1, 0.15) is 11.5 Å². The fourth-order valence-corrected chi connectivity index (χ4v) is 2.09. The van der Waals surface area contributed by atoms with Crippen LogP contribution in [0.5, 0.6) is 0 Å². The Labute approximate surface area is 117 Å². The number of rotatable bonds is 3. The third-order valence-electron chi connectivity index (χ3n) is 2.73. The average Bonchev–Trinajstić information content (AvgIpc) is 3.08. The van der Waals surface area contributed by atoms with Crippen molar-refractivity contribution >= 4 is 22.2 Å². The van der Waals surface area contributed by atoms with Gasteiger partial charge in [-0.25, -0.2) is 4.68 Å². The van der Waals surface area contributed by atoms with Crippen LogP contribution in [0.1, 0.15) is 10.5 Å². The minimum Gasteiger partial charge on any atom is -0.464 e. The lowest BCUT2D eigenvalue weighted by molar-refractivity contribution is 0.111. The van der Waals surface area contributed by atoms with Crippen molar-refractivity contribution in [3.63, 3.8) is 0 Å². The predicted octanol–water partition coefficient (Wildman–Crippen LogP) is 3.71. The number of halogens is 1. The fourth-order valence-electron chi connectivity index (χ4n) is 1.82. The Hall–Kier alpha value is -2.14. The van der Waals surface area contributed by atoms with Crippen LogP contribution in [-0.2, 0) is 0 Å². The van der Waals surface area contributed by atoms with E-state index in [0.717, 1.165) is 16.4 Å². The lowest BCUT2D eigenvalue weighted by Gasteiger charge is -2.00. The molecule has 2 aromatic heterocycles. The number of benzene rings is 1. The quantitative estimate of drug-likeness (QED) is 0.692. The van der Waals surface area contributed by atoms with Crippen molar-refractivity contribution in [2.75, 3.05) is 0 Å². The molecule has 0 N–H and O–H groups in total. The molecule has 2 heterocycles. The second-order valence-electron chi connectivity index (χ2n) is 3.94. The standard InChI is InChI=1S/C14H9BrN2O2/c15-10-3-5-11(6-4-10)17-8-12(13(9-18)16-17)14-2-1-7-19-14/h1-9H. The van der Waals surface area contributed by atoms with E-state index in [9.17, 15) is 4.79 Å². The Bertz CT molecular complexity index is 700. The smallest absolute Gasteiger partial charge is 0.171 e. The summed E-state index contributed by atoms with van der Waals surface area (Å²) in [5.41, 5.74) is 1.92. The molecule has 0 unspecified atom stereocenters.